The van der Waals surface area contributed by atoms with E-state index in [1.54, 1.807) is 31.1 Å². The lowest BCUT2D eigenvalue weighted by Crippen LogP contribution is -2.35. The van der Waals surface area contributed by atoms with Crippen LogP contribution in [0, 0.1) is 18.8 Å². The number of rotatable bonds is 6. The van der Waals surface area contributed by atoms with Crippen molar-refractivity contribution in [2.75, 3.05) is 20.2 Å². The van der Waals surface area contributed by atoms with Gasteiger partial charge >= 0.3 is 12.3 Å². The fourth-order valence-corrected chi connectivity index (χ4v) is 3.55. The maximum absolute atomic E-state index is 13.1. The molecule has 10 heteroatoms. The number of hydrogen-bond donors (Lipinski definition) is 1. The first-order chi connectivity index (χ1) is 13.7. The summed E-state index contributed by atoms with van der Waals surface area (Å²) in [5.41, 5.74) is 1.11. The van der Waals surface area contributed by atoms with Crippen LogP contribution in [0.1, 0.15) is 24.1 Å². The zero-order valence-electron chi connectivity index (χ0n) is 16.2. The van der Waals surface area contributed by atoms with E-state index in [1.165, 1.54) is 6.20 Å². The van der Waals surface area contributed by atoms with Crippen molar-refractivity contribution in [3.63, 3.8) is 0 Å². The highest BCUT2D eigenvalue weighted by molar-refractivity contribution is 5.96. The molecule has 2 aliphatic heterocycles. The lowest BCUT2D eigenvalue weighted by atomic mass is 9.92. The number of amides is 1. The predicted octanol–water partition coefficient (Wildman–Crippen LogP) is 2.95. The Morgan fingerprint density at radius 2 is 2.17 bits per heavy atom. The van der Waals surface area contributed by atoms with Crippen molar-refractivity contribution in [1.29, 1.82) is 0 Å². The number of likely N-dealkylation sites (tertiary alicyclic amines) is 1. The number of hydrogen-bond acceptors (Lipinski definition) is 4. The molecule has 0 bridgehead atoms. The number of aryl methyl sites for hydroxylation is 1. The number of ether oxygens (including phenoxy) is 1. The minimum Gasteiger partial charge on any atom is -0.471 e. The van der Waals surface area contributed by atoms with Gasteiger partial charge in [0.2, 0.25) is 11.8 Å². The molecule has 1 amide bonds. The Hall–Kier alpha value is -2.65. The number of nitrogens with one attached hydrogen (secondary N) is 1. The minimum atomic E-state index is -4.25. The summed E-state index contributed by atoms with van der Waals surface area (Å²) in [6.07, 6.45) is 1.12. The maximum atomic E-state index is 13.1. The highest BCUT2D eigenvalue weighted by Gasteiger charge is 2.45. The third kappa shape index (κ3) is 4.06. The summed E-state index contributed by atoms with van der Waals surface area (Å²) in [5, 5.41) is 3.06. The molecule has 3 unspecified atom stereocenters. The van der Waals surface area contributed by atoms with E-state index in [9.17, 15) is 22.4 Å². The van der Waals surface area contributed by atoms with Gasteiger partial charge in [0.05, 0.1) is 12.0 Å². The zero-order valence-corrected chi connectivity index (χ0v) is 16.2. The van der Waals surface area contributed by atoms with Crippen LogP contribution in [0.25, 0.3) is 0 Å². The molecule has 3 heterocycles. The first-order valence-corrected chi connectivity index (χ1v) is 9.11. The van der Waals surface area contributed by atoms with E-state index in [0.717, 1.165) is 5.84 Å². The third-order valence-electron chi connectivity index (χ3n) is 5.24. The SMILES string of the molecule is CN=C1NC=CC2C(=O)N(C(C)c3cnc(OCC(F)(F)C(F)F)c(C)c3)CC12. The van der Waals surface area contributed by atoms with Gasteiger partial charge in [0.25, 0.3) is 0 Å². The van der Waals surface area contributed by atoms with Crippen molar-refractivity contribution in [1.82, 2.24) is 15.2 Å². The molecule has 1 aromatic heterocycles. The van der Waals surface area contributed by atoms with Gasteiger partial charge in [-0.05, 0) is 31.7 Å². The Morgan fingerprint density at radius 1 is 1.45 bits per heavy atom. The van der Waals surface area contributed by atoms with Crippen molar-refractivity contribution in [2.24, 2.45) is 16.8 Å². The normalized spacial score (nSPS) is 24.1. The Labute approximate surface area is 165 Å². The van der Waals surface area contributed by atoms with Crippen LogP contribution in [0.3, 0.4) is 0 Å². The van der Waals surface area contributed by atoms with E-state index in [-0.39, 0.29) is 29.7 Å². The van der Waals surface area contributed by atoms with Crippen LogP contribution in [0.15, 0.2) is 29.5 Å². The zero-order chi connectivity index (χ0) is 21.3. The van der Waals surface area contributed by atoms with E-state index >= 15 is 0 Å². The number of fused-ring (bicyclic) bond motifs is 1. The average Bonchev–Trinajstić information content (AvgIpc) is 3.03. The molecule has 29 heavy (non-hydrogen) atoms. The number of carbonyl (C=O) groups excluding carboxylic acids is 1. The summed E-state index contributed by atoms with van der Waals surface area (Å²) in [4.78, 5) is 22.8. The quantitative estimate of drug-likeness (QED) is 0.727. The smallest absolute Gasteiger partial charge is 0.340 e. The molecule has 158 valence electrons. The largest absolute Gasteiger partial charge is 0.471 e. The van der Waals surface area contributed by atoms with Gasteiger partial charge in [-0.3, -0.25) is 9.79 Å². The van der Waals surface area contributed by atoms with Crippen molar-refractivity contribution >= 4 is 11.7 Å². The fourth-order valence-electron chi connectivity index (χ4n) is 3.55. The number of nitrogens with zero attached hydrogens (tertiary/aromatic N) is 3. The number of halogens is 4. The van der Waals surface area contributed by atoms with Crippen LogP contribution in [0.5, 0.6) is 5.88 Å². The fraction of sp³-hybridized carbons (Fsp3) is 0.526. The third-order valence-corrected chi connectivity index (χ3v) is 5.24. The lowest BCUT2D eigenvalue weighted by molar-refractivity contribution is -0.148. The summed E-state index contributed by atoms with van der Waals surface area (Å²) in [6, 6.07) is 1.34. The number of aliphatic imine (C=N–C) groups is 1. The molecular weight excluding hydrogens is 392 g/mol. The second-order valence-electron chi connectivity index (χ2n) is 7.15. The first kappa shape index (κ1) is 21.1. The molecule has 3 rings (SSSR count). The summed E-state index contributed by atoms with van der Waals surface area (Å²) in [7, 11) is 1.67. The Kier molecular flexibility index (Phi) is 5.81. The van der Waals surface area contributed by atoms with Crippen molar-refractivity contribution < 1.29 is 27.1 Å². The molecule has 2 aliphatic rings. The topological polar surface area (TPSA) is 66.8 Å². The van der Waals surface area contributed by atoms with E-state index in [1.807, 2.05) is 13.0 Å². The molecule has 6 nitrogen and oxygen atoms in total. The number of aromatic nitrogens is 1. The molecule has 1 saturated heterocycles. The van der Waals surface area contributed by atoms with Gasteiger partial charge in [-0.15, -0.1) is 0 Å². The highest BCUT2D eigenvalue weighted by Crippen LogP contribution is 2.35. The maximum Gasteiger partial charge on any atom is 0.340 e. The van der Waals surface area contributed by atoms with E-state index in [0.29, 0.717) is 17.7 Å². The van der Waals surface area contributed by atoms with Gasteiger partial charge in [-0.1, -0.05) is 6.08 Å². The second kappa shape index (κ2) is 8.00. The van der Waals surface area contributed by atoms with Gasteiger partial charge in [-0.2, -0.15) is 8.78 Å². The second-order valence-corrected chi connectivity index (χ2v) is 7.15. The molecule has 1 fully saturated rings. The number of amidine groups is 1. The molecule has 0 spiro atoms. The van der Waals surface area contributed by atoms with Gasteiger partial charge in [0.1, 0.15) is 5.84 Å². The van der Waals surface area contributed by atoms with Gasteiger partial charge in [-0.25, -0.2) is 13.8 Å². The monoisotopic (exact) mass is 414 g/mol. The number of pyridine rings is 1. The average molecular weight is 414 g/mol. The van der Waals surface area contributed by atoms with Gasteiger partial charge < -0.3 is 15.0 Å². The van der Waals surface area contributed by atoms with Gasteiger partial charge in [0, 0.05) is 31.3 Å². The Bertz CT molecular complexity index is 843. The van der Waals surface area contributed by atoms with Gasteiger partial charge in [0.15, 0.2) is 6.61 Å². The van der Waals surface area contributed by atoms with Crippen molar-refractivity contribution in [3.8, 4) is 5.88 Å². The summed E-state index contributed by atoms with van der Waals surface area (Å²) in [5.74, 6) is -4.03. The molecule has 0 radical (unpaired) electrons. The Morgan fingerprint density at radius 3 is 2.79 bits per heavy atom. The predicted molar refractivity (Wildman–Crippen MR) is 98.2 cm³/mol. The highest BCUT2D eigenvalue weighted by atomic mass is 19.3. The summed E-state index contributed by atoms with van der Waals surface area (Å²) >= 11 is 0. The standard InChI is InChI=1S/C19H22F4N4O2/c1-10-6-12(7-26-16(10)29-9-19(22,23)18(20)21)11(2)27-8-14-13(17(27)28)4-5-25-15(14)24-3/h4-7,11,13-14,18H,8-9H2,1-3H3,(H,24,25). The number of alkyl halides is 4. The molecular formula is C19H22F4N4O2. The molecule has 1 aromatic rings. The molecule has 0 aliphatic carbocycles. The minimum absolute atomic E-state index is 0.0315. The first-order valence-electron chi connectivity index (χ1n) is 9.11. The Balaban J connectivity index is 1.74. The van der Waals surface area contributed by atoms with Crippen LogP contribution >= 0.6 is 0 Å². The lowest BCUT2D eigenvalue weighted by Gasteiger charge is -2.25. The van der Waals surface area contributed by atoms with Crippen LogP contribution in [-0.2, 0) is 4.79 Å². The molecule has 0 aromatic carbocycles. The molecule has 3 atom stereocenters. The van der Waals surface area contributed by atoms with Crippen LogP contribution in [-0.4, -0.2) is 54.2 Å². The molecule has 1 N–H and O–H groups in total. The van der Waals surface area contributed by atoms with Crippen LogP contribution in [0.4, 0.5) is 17.6 Å². The number of carbonyl (C=O) groups is 1. The van der Waals surface area contributed by atoms with E-state index in [2.05, 4.69) is 15.3 Å². The summed E-state index contributed by atoms with van der Waals surface area (Å²) < 4.78 is 55.4. The van der Waals surface area contributed by atoms with Crippen LogP contribution < -0.4 is 10.1 Å². The van der Waals surface area contributed by atoms with E-state index < -0.39 is 19.0 Å². The van der Waals surface area contributed by atoms with E-state index in [4.69, 9.17) is 4.74 Å². The van der Waals surface area contributed by atoms with Crippen LogP contribution in [0.2, 0.25) is 0 Å². The van der Waals surface area contributed by atoms with Crippen molar-refractivity contribution in [3.05, 3.63) is 35.7 Å². The van der Waals surface area contributed by atoms with Crippen molar-refractivity contribution in [2.45, 2.75) is 32.2 Å². The molecule has 0 saturated carbocycles. The summed E-state index contributed by atoms with van der Waals surface area (Å²) in [6.45, 7) is 2.45.